The van der Waals surface area contributed by atoms with E-state index in [9.17, 15) is 0 Å². The van der Waals surface area contributed by atoms with Gasteiger partial charge < -0.3 is 4.74 Å². The molecule has 0 bridgehead atoms. The second-order valence-electron chi connectivity index (χ2n) is 3.01. The van der Waals surface area contributed by atoms with Crippen molar-refractivity contribution in [1.29, 1.82) is 5.26 Å². The Bertz CT molecular complexity index is 375. The lowest BCUT2D eigenvalue weighted by Gasteiger charge is -2.14. The second kappa shape index (κ2) is 5.99. The normalized spacial score (nSPS) is 11.9. The Balaban J connectivity index is 2.97. The predicted octanol–water partition coefficient (Wildman–Crippen LogP) is 3.92. The quantitative estimate of drug-likeness (QED) is 0.787. The van der Waals surface area contributed by atoms with Crippen LogP contribution in [0.25, 0.3) is 0 Å². The van der Waals surface area contributed by atoms with Gasteiger partial charge in [-0.1, -0.05) is 46.6 Å². The minimum Gasteiger partial charge on any atom is -0.474 e. The number of hydrogen-bond acceptors (Lipinski definition) is 2. The molecule has 15 heavy (non-hydrogen) atoms. The van der Waals surface area contributed by atoms with Crippen molar-refractivity contribution in [3.8, 4) is 11.8 Å². The van der Waals surface area contributed by atoms with Gasteiger partial charge in [0.1, 0.15) is 11.8 Å². The molecule has 0 aliphatic carbocycles. The number of benzene rings is 1. The van der Waals surface area contributed by atoms with Crippen molar-refractivity contribution in [3.63, 3.8) is 0 Å². The zero-order chi connectivity index (χ0) is 11.3. The maximum atomic E-state index is 8.81. The minimum atomic E-state index is -0.442. The fourth-order valence-electron chi connectivity index (χ4n) is 1.13. The summed E-state index contributed by atoms with van der Waals surface area (Å²) in [5.74, 6) is 0.601. The van der Waals surface area contributed by atoms with Crippen LogP contribution in [0.5, 0.6) is 5.75 Å². The summed E-state index contributed by atoms with van der Waals surface area (Å²) in [6.07, 6.45) is 0.200. The molecule has 1 atom stereocenters. The maximum Gasteiger partial charge on any atom is 0.184 e. The molecule has 0 saturated carbocycles. The number of nitrogens with zero attached hydrogens (tertiary/aromatic N) is 1. The Morgan fingerprint density at radius 1 is 1.60 bits per heavy atom. The molecule has 1 rings (SSSR count). The summed E-state index contributed by atoms with van der Waals surface area (Å²) < 4.78 is 5.54. The van der Waals surface area contributed by atoms with Crippen molar-refractivity contribution in [2.24, 2.45) is 0 Å². The van der Waals surface area contributed by atoms with Gasteiger partial charge >= 0.3 is 0 Å². The first-order valence-corrected chi connectivity index (χ1v) is 6.12. The standard InChI is InChI=1S/C11H11BrClNO/c1-2-9(7-14)15-11-8(6-12)4-3-5-10(11)13/h3-5,9H,2,6H2,1H3. The first-order valence-electron chi connectivity index (χ1n) is 4.62. The molecule has 0 radical (unpaired) electrons. The van der Waals surface area contributed by atoms with Crippen LogP contribution >= 0.6 is 27.5 Å². The topological polar surface area (TPSA) is 33.0 Å². The molecular weight excluding hydrogens is 277 g/mol. The van der Waals surface area contributed by atoms with Crippen LogP contribution in [-0.4, -0.2) is 6.10 Å². The summed E-state index contributed by atoms with van der Waals surface area (Å²) in [5, 5.41) is 10.0. The smallest absolute Gasteiger partial charge is 0.184 e. The third kappa shape index (κ3) is 3.12. The van der Waals surface area contributed by atoms with E-state index in [0.717, 1.165) is 5.56 Å². The van der Waals surface area contributed by atoms with E-state index in [0.29, 0.717) is 22.5 Å². The number of halogens is 2. The minimum absolute atomic E-state index is 0.442. The third-order valence-electron chi connectivity index (χ3n) is 1.97. The van der Waals surface area contributed by atoms with Crippen molar-refractivity contribution < 1.29 is 4.74 Å². The van der Waals surface area contributed by atoms with E-state index < -0.39 is 6.10 Å². The van der Waals surface area contributed by atoms with Gasteiger partial charge in [-0.2, -0.15) is 5.26 Å². The highest BCUT2D eigenvalue weighted by Gasteiger charge is 2.12. The molecule has 1 aromatic carbocycles. The van der Waals surface area contributed by atoms with Crippen LogP contribution in [0.2, 0.25) is 5.02 Å². The highest BCUT2D eigenvalue weighted by atomic mass is 79.9. The number of hydrogen-bond donors (Lipinski definition) is 0. The summed E-state index contributed by atoms with van der Waals surface area (Å²) in [7, 11) is 0. The second-order valence-corrected chi connectivity index (χ2v) is 3.97. The van der Waals surface area contributed by atoms with E-state index in [1.54, 1.807) is 6.07 Å². The molecule has 0 fully saturated rings. The van der Waals surface area contributed by atoms with E-state index in [1.165, 1.54) is 0 Å². The number of nitriles is 1. The summed E-state index contributed by atoms with van der Waals surface area (Å²) >= 11 is 9.37. The maximum absolute atomic E-state index is 8.81. The summed E-state index contributed by atoms with van der Waals surface area (Å²) in [6, 6.07) is 7.62. The highest BCUT2D eigenvalue weighted by molar-refractivity contribution is 9.08. The molecule has 1 aromatic rings. The molecule has 2 nitrogen and oxygen atoms in total. The Kier molecular flexibility index (Phi) is 4.93. The van der Waals surface area contributed by atoms with Crippen molar-refractivity contribution in [2.45, 2.75) is 24.8 Å². The van der Waals surface area contributed by atoms with E-state index >= 15 is 0 Å². The molecule has 0 N–H and O–H groups in total. The summed E-state index contributed by atoms with van der Waals surface area (Å²) in [6.45, 7) is 1.90. The fourth-order valence-corrected chi connectivity index (χ4v) is 1.81. The van der Waals surface area contributed by atoms with Gasteiger partial charge in [-0.05, 0) is 12.5 Å². The van der Waals surface area contributed by atoms with Crippen LogP contribution in [0.3, 0.4) is 0 Å². The van der Waals surface area contributed by atoms with Crippen molar-refractivity contribution in [3.05, 3.63) is 28.8 Å². The van der Waals surface area contributed by atoms with Crippen LogP contribution in [0.1, 0.15) is 18.9 Å². The lowest BCUT2D eigenvalue weighted by atomic mass is 10.2. The lowest BCUT2D eigenvalue weighted by molar-refractivity contribution is 0.250. The first kappa shape index (κ1) is 12.4. The SMILES string of the molecule is CCC(C#N)Oc1c(Cl)cccc1CBr. The highest BCUT2D eigenvalue weighted by Crippen LogP contribution is 2.31. The lowest BCUT2D eigenvalue weighted by Crippen LogP contribution is -2.13. The molecule has 0 heterocycles. The molecule has 80 valence electrons. The number of alkyl halides is 1. The van der Waals surface area contributed by atoms with Gasteiger partial charge in [0.15, 0.2) is 6.10 Å². The van der Waals surface area contributed by atoms with Crippen LogP contribution in [0, 0.1) is 11.3 Å². The van der Waals surface area contributed by atoms with Gasteiger partial charge in [-0.3, -0.25) is 0 Å². The Morgan fingerprint density at radius 3 is 2.87 bits per heavy atom. The van der Waals surface area contributed by atoms with E-state index in [2.05, 4.69) is 22.0 Å². The number of rotatable bonds is 4. The molecule has 0 aromatic heterocycles. The van der Waals surface area contributed by atoms with Crippen molar-refractivity contribution >= 4 is 27.5 Å². The van der Waals surface area contributed by atoms with Gasteiger partial charge in [0.25, 0.3) is 0 Å². The molecular formula is C11H11BrClNO. The van der Waals surface area contributed by atoms with Gasteiger partial charge in [0, 0.05) is 10.9 Å². The van der Waals surface area contributed by atoms with E-state index in [-0.39, 0.29) is 0 Å². The largest absolute Gasteiger partial charge is 0.474 e. The van der Waals surface area contributed by atoms with E-state index in [1.807, 2.05) is 19.1 Å². The molecule has 0 aliphatic rings. The molecule has 1 unspecified atom stereocenters. The van der Waals surface area contributed by atoms with Crippen LogP contribution < -0.4 is 4.74 Å². The summed E-state index contributed by atoms with van der Waals surface area (Å²) in [5.41, 5.74) is 0.955. The zero-order valence-electron chi connectivity index (χ0n) is 8.34. The molecule has 0 aliphatic heterocycles. The average molecular weight is 289 g/mol. The van der Waals surface area contributed by atoms with Gasteiger partial charge in [0.2, 0.25) is 0 Å². The van der Waals surface area contributed by atoms with Crippen LogP contribution in [-0.2, 0) is 5.33 Å². The monoisotopic (exact) mass is 287 g/mol. The first-order chi connectivity index (χ1) is 7.22. The zero-order valence-corrected chi connectivity index (χ0v) is 10.7. The van der Waals surface area contributed by atoms with Gasteiger partial charge in [0.05, 0.1) is 5.02 Å². The predicted molar refractivity (Wildman–Crippen MR) is 64.4 cm³/mol. The third-order valence-corrected chi connectivity index (χ3v) is 2.87. The van der Waals surface area contributed by atoms with Crippen molar-refractivity contribution in [1.82, 2.24) is 0 Å². The van der Waals surface area contributed by atoms with Crippen molar-refractivity contribution in [2.75, 3.05) is 0 Å². The molecule has 0 spiro atoms. The average Bonchev–Trinajstić information content (AvgIpc) is 2.27. The number of para-hydroxylation sites is 1. The van der Waals surface area contributed by atoms with Crippen LogP contribution in [0.4, 0.5) is 0 Å². The Morgan fingerprint density at radius 2 is 2.33 bits per heavy atom. The summed E-state index contributed by atoms with van der Waals surface area (Å²) in [4.78, 5) is 0. The number of ether oxygens (including phenoxy) is 1. The molecule has 0 amide bonds. The Hall–Kier alpha value is -0.720. The fraction of sp³-hybridized carbons (Fsp3) is 0.364. The molecule has 0 saturated heterocycles. The molecule has 4 heteroatoms. The van der Waals surface area contributed by atoms with Gasteiger partial charge in [-0.15, -0.1) is 0 Å². The van der Waals surface area contributed by atoms with E-state index in [4.69, 9.17) is 21.6 Å². The van der Waals surface area contributed by atoms with Crippen LogP contribution in [0.15, 0.2) is 18.2 Å². The van der Waals surface area contributed by atoms with Gasteiger partial charge in [-0.25, -0.2) is 0 Å². The Labute approximate surface area is 103 Å².